The molecule has 0 saturated heterocycles. The molecule has 110 valence electrons. The van der Waals surface area contributed by atoms with Gasteiger partial charge in [-0.2, -0.15) is 0 Å². The highest BCUT2D eigenvalue weighted by Crippen LogP contribution is 2.38. The summed E-state index contributed by atoms with van der Waals surface area (Å²) in [5.41, 5.74) is 0.659. The Kier molecular flexibility index (Phi) is 4.37. The lowest BCUT2D eigenvalue weighted by molar-refractivity contribution is 0.0696. The lowest BCUT2D eigenvalue weighted by Gasteiger charge is -2.39. The molecule has 1 saturated carbocycles. The Labute approximate surface area is 128 Å². The van der Waals surface area contributed by atoms with Gasteiger partial charge in [0.15, 0.2) is 0 Å². The van der Waals surface area contributed by atoms with Crippen molar-refractivity contribution < 1.29 is 9.90 Å². The van der Waals surface area contributed by atoms with E-state index in [-0.39, 0.29) is 5.56 Å². The second-order valence-corrected chi connectivity index (χ2v) is 7.25. The van der Waals surface area contributed by atoms with Crippen molar-refractivity contribution in [3.8, 4) is 0 Å². The maximum Gasteiger partial charge on any atom is 0.339 e. The third-order valence-corrected chi connectivity index (χ3v) is 4.69. The fraction of sp³-hybridized carbons (Fsp3) is 0.600. The molecule has 0 atom stereocenters. The quantitative estimate of drug-likeness (QED) is 0.905. The Morgan fingerprint density at radius 1 is 1.45 bits per heavy atom. The number of rotatable bonds is 3. The zero-order valence-corrected chi connectivity index (χ0v) is 13.8. The van der Waals surface area contributed by atoms with Crippen LogP contribution in [0, 0.1) is 5.41 Å². The highest BCUT2D eigenvalue weighted by Gasteiger charge is 2.30. The van der Waals surface area contributed by atoms with Crippen molar-refractivity contribution in [1.29, 1.82) is 0 Å². The summed E-state index contributed by atoms with van der Waals surface area (Å²) in [6.07, 6.45) is 6.16. The smallest absolute Gasteiger partial charge is 0.339 e. The number of halogens is 1. The number of aromatic nitrogens is 1. The number of aromatic carboxylic acids is 1. The van der Waals surface area contributed by atoms with Crippen molar-refractivity contribution in [1.82, 2.24) is 4.98 Å². The molecule has 1 aliphatic carbocycles. The van der Waals surface area contributed by atoms with Crippen LogP contribution in [-0.2, 0) is 0 Å². The van der Waals surface area contributed by atoms with E-state index in [1.165, 1.54) is 12.8 Å². The van der Waals surface area contributed by atoms with E-state index < -0.39 is 5.97 Å². The van der Waals surface area contributed by atoms with Gasteiger partial charge in [-0.3, -0.25) is 0 Å². The van der Waals surface area contributed by atoms with Crippen LogP contribution < -0.4 is 4.90 Å². The van der Waals surface area contributed by atoms with Crippen LogP contribution >= 0.6 is 15.9 Å². The third-order valence-electron chi connectivity index (χ3n) is 4.25. The second-order valence-electron chi connectivity index (χ2n) is 6.34. The third kappa shape index (κ3) is 3.32. The normalized spacial score (nSPS) is 18.8. The van der Waals surface area contributed by atoms with Gasteiger partial charge in [-0.25, -0.2) is 9.78 Å². The Morgan fingerprint density at radius 2 is 2.05 bits per heavy atom. The van der Waals surface area contributed by atoms with Crippen LogP contribution in [0.15, 0.2) is 16.7 Å². The van der Waals surface area contributed by atoms with Gasteiger partial charge in [0.25, 0.3) is 0 Å². The summed E-state index contributed by atoms with van der Waals surface area (Å²) in [5.74, 6) is -0.373. The summed E-state index contributed by atoms with van der Waals surface area (Å²) < 4.78 is 0.692. The monoisotopic (exact) mass is 340 g/mol. The summed E-state index contributed by atoms with van der Waals surface area (Å²) in [6.45, 7) is 4.59. The van der Waals surface area contributed by atoms with Crippen LogP contribution in [0.25, 0.3) is 0 Å². The fourth-order valence-corrected chi connectivity index (χ4v) is 3.15. The molecule has 1 N–H and O–H groups in total. The summed E-state index contributed by atoms with van der Waals surface area (Å²) in [7, 11) is 1.95. The topological polar surface area (TPSA) is 53.4 Å². The molecular weight excluding hydrogens is 320 g/mol. The van der Waals surface area contributed by atoms with Crippen molar-refractivity contribution >= 4 is 27.7 Å². The van der Waals surface area contributed by atoms with Gasteiger partial charge in [0.05, 0.1) is 0 Å². The number of carboxylic acid groups (broad SMARTS) is 1. The van der Waals surface area contributed by atoms with Crippen molar-refractivity contribution in [2.24, 2.45) is 5.41 Å². The fourth-order valence-electron chi connectivity index (χ4n) is 2.81. The Morgan fingerprint density at radius 3 is 2.60 bits per heavy atom. The minimum Gasteiger partial charge on any atom is -0.478 e. The molecule has 5 heteroatoms. The molecule has 1 aromatic rings. The molecule has 1 heterocycles. The van der Waals surface area contributed by atoms with E-state index in [9.17, 15) is 9.90 Å². The van der Waals surface area contributed by atoms with Crippen LogP contribution in [0.2, 0.25) is 0 Å². The zero-order chi connectivity index (χ0) is 14.9. The predicted octanol–water partition coefficient (Wildman–Crippen LogP) is 3.95. The van der Waals surface area contributed by atoms with Gasteiger partial charge in [-0.05, 0) is 53.1 Å². The van der Waals surface area contributed by atoms with E-state index in [1.54, 1.807) is 12.3 Å². The summed E-state index contributed by atoms with van der Waals surface area (Å²) in [6, 6.07) is 1.99. The number of nitrogens with zero attached hydrogens (tertiary/aromatic N) is 2. The molecule has 1 fully saturated rings. The molecule has 4 nitrogen and oxygen atoms in total. The molecule has 20 heavy (non-hydrogen) atoms. The highest BCUT2D eigenvalue weighted by molar-refractivity contribution is 9.10. The number of pyridine rings is 1. The van der Waals surface area contributed by atoms with E-state index in [1.807, 2.05) is 11.9 Å². The molecule has 2 rings (SSSR count). The van der Waals surface area contributed by atoms with Crippen molar-refractivity contribution in [2.45, 2.75) is 45.6 Å². The van der Waals surface area contributed by atoms with Gasteiger partial charge in [-0.1, -0.05) is 13.8 Å². The zero-order valence-electron chi connectivity index (χ0n) is 12.2. The van der Waals surface area contributed by atoms with Crippen LogP contribution in [0.3, 0.4) is 0 Å². The van der Waals surface area contributed by atoms with Crippen LogP contribution in [0.1, 0.15) is 49.9 Å². The first-order valence-corrected chi connectivity index (χ1v) is 7.71. The number of anilines is 1. The van der Waals surface area contributed by atoms with E-state index in [0.717, 1.165) is 12.8 Å². The first-order valence-electron chi connectivity index (χ1n) is 6.92. The molecule has 1 aromatic heterocycles. The molecule has 0 unspecified atom stereocenters. The Hall–Kier alpha value is -1.10. The molecular formula is C15H21BrN2O2. The van der Waals surface area contributed by atoms with Gasteiger partial charge in [0.1, 0.15) is 11.4 Å². The molecule has 0 amide bonds. The highest BCUT2D eigenvalue weighted by atomic mass is 79.9. The Bertz CT molecular complexity index is 507. The van der Waals surface area contributed by atoms with Crippen molar-refractivity contribution in [3.05, 3.63) is 22.3 Å². The van der Waals surface area contributed by atoms with Crippen molar-refractivity contribution in [3.63, 3.8) is 0 Å². The maximum absolute atomic E-state index is 11.4. The summed E-state index contributed by atoms with van der Waals surface area (Å²) in [5, 5.41) is 9.33. The van der Waals surface area contributed by atoms with Crippen LogP contribution in [0.5, 0.6) is 0 Å². The largest absolute Gasteiger partial charge is 0.478 e. The molecule has 0 aliphatic heterocycles. The molecule has 0 spiro atoms. The molecule has 0 aromatic carbocycles. The first-order chi connectivity index (χ1) is 9.30. The minimum atomic E-state index is -0.934. The van der Waals surface area contributed by atoms with Gasteiger partial charge in [-0.15, -0.1) is 0 Å². The average Bonchev–Trinajstić information content (AvgIpc) is 2.37. The lowest BCUT2D eigenvalue weighted by Crippen LogP contribution is -2.38. The number of hydrogen-bond donors (Lipinski definition) is 1. The van der Waals surface area contributed by atoms with E-state index in [4.69, 9.17) is 0 Å². The molecule has 0 radical (unpaired) electrons. The van der Waals surface area contributed by atoms with Crippen LogP contribution in [-0.4, -0.2) is 29.1 Å². The van der Waals surface area contributed by atoms with Crippen molar-refractivity contribution in [2.75, 3.05) is 11.9 Å². The van der Waals surface area contributed by atoms with Gasteiger partial charge >= 0.3 is 5.97 Å². The number of carboxylic acids is 1. The summed E-state index contributed by atoms with van der Waals surface area (Å²) in [4.78, 5) is 17.7. The summed E-state index contributed by atoms with van der Waals surface area (Å²) >= 11 is 3.28. The SMILES string of the molecule is CN(c1ncc(Br)cc1C(=O)O)C1CCC(C)(C)CC1. The van der Waals surface area contributed by atoms with Gasteiger partial charge in [0.2, 0.25) is 0 Å². The maximum atomic E-state index is 11.4. The number of carbonyl (C=O) groups is 1. The minimum absolute atomic E-state index is 0.256. The number of hydrogen-bond acceptors (Lipinski definition) is 3. The molecule has 1 aliphatic rings. The van der Waals surface area contributed by atoms with Gasteiger partial charge < -0.3 is 10.0 Å². The predicted molar refractivity (Wildman–Crippen MR) is 83.3 cm³/mol. The van der Waals surface area contributed by atoms with E-state index in [2.05, 4.69) is 34.8 Å². The lowest BCUT2D eigenvalue weighted by atomic mass is 9.75. The Balaban J connectivity index is 2.21. The van der Waals surface area contributed by atoms with E-state index >= 15 is 0 Å². The molecule has 0 bridgehead atoms. The second kappa shape index (κ2) is 5.72. The van der Waals surface area contributed by atoms with Gasteiger partial charge in [0, 0.05) is 23.8 Å². The van der Waals surface area contributed by atoms with Crippen LogP contribution in [0.4, 0.5) is 5.82 Å². The average molecular weight is 341 g/mol. The van der Waals surface area contributed by atoms with E-state index in [0.29, 0.717) is 21.7 Å². The first kappa shape index (κ1) is 15.3. The standard InChI is InChI=1S/C15H21BrN2O2/c1-15(2)6-4-11(5-7-15)18(3)13-12(14(19)20)8-10(16)9-17-13/h8-9,11H,4-7H2,1-3H3,(H,19,20).